The Morgan fingerprint density at radius 2 is 1.86 bits per heavy atom. The number of unbranched alkanes of at least 4 members (excludes halogenated alkanes) is 1. The van der Waals surface area contributed by atoms with Gasteiger partial charge in [-0.25, -0.2) is 9.59 Å². The highest BCUT2D eigenvalue weighted by Crippen LogP contribution is 2.50. The number of hydrogen-bond acceptors (Lipinski definition) is 3. The molecule has 1 saturated heterocycles. The van der Waals surface area contributed by atoms with E-state index >= 15 is 0 Å². The minimum absolute atomic E-state index is 0.241. The molecule has 0 bridgehead atoms. The fourth-order valence-electron chi connectivity index (χ4n) is 3.19. The van der Waals surface area contributed by atoms with Crippen LogP contribution in [0.4, 0.5) is 4.79 Å². The summed E-state index contributed by atoms with van der Waals surface area (Å²) in [6, 6.07) is 0. The first-order valence-electron chi connectivity index (χ1n) is 7.66. The van der Waals surface area contributed by atoms with Crippen LogP contribution < -0.4 is 0 Å². The highest BCUT2D eigenvalue weighted by molar-refractivity contribution is 5.86. The predicted octanol–water partition coefficient (Wildman–Crippen LogP) is 3.52. The van der Waals surface area contributed by atoms with Crippen LogP contribution in [0.15, 0.2) is 0 Å². The van der Waals surface area contributed by atoms with Gasteiger partial charge in [0.05, 0.1) is 6.61 Å². The fourth-order valence-corrected chi connectivity index (χ4v) is 3.19. The van der Waals surface area contributed by atoms with Gasteiger partial charge >= 0.3 is 12.1 Å². The molecule has 0 saturated carbocycles. The quantitative estimate of drug-likeness (QED) is 0.806. The summed E-state index contributed by atoms with van der Waals surface area (Å²) < 4.78 is 5.28. The van der Waals surface area contributed by atoms with Crippen LogP contribution in [-0.2, 0) is 9.53 Å². The number of rotatable bonds is 4. The minimum Gasteiger partial charge on any atom is -0.479 e. The van der Waals surface area contributed by atoms with Crippen molar-refractivity contribution in [2.75, 3.05) is 13.2 Å². The molecular weight excluding hydrogens is 270 g/mol. The Balaban J connectivity index is 3.13. The zero-order valence-corrected chi connectivity index (χ0v) is 14.2. The standard InChI is InChI=1S/C16H29NO4/c1-7-8-9-21-13(20)17-11-15(5,6)10-16(17,12(18)19)14(2,3)4/h7-11H2,1-6H3,(H,18,19)/t16-/m0/s1. The van der Waals surface area contributed by atoms with Gasteiger partial charge in [-0.15, -0.1) is 0 Å². The summed E-state index contributed by atoms with van der Waals surface area (Å²) in [5.74, 6) is -0.951. The average molecular weight is 299 g/mol. The molecule has 1 aliphatic rings. The summed E-state index contributed by atoms with van der Waals surface area (Å²) in [6.07, 6.45) is 1.65. The second-order valence-electron chi connectivity index (χ2n) is 7.81. The number of amides is 1. The SMILES string of the molecule is CCCCOC(=O)N1CC(C)(C)C[C@]1(C(=O)O)C(C)(C)C. The van der Waals surface area contributed by atoms with E-state index in [0.717, 1.165) is 12.8 Å². The van der Waals surface area contributed by atoms with Crippen molar-refractivity contribution < 1.29 is 19.4 Å². The molecule has 0 radical (unpaired) electrons. The van der Waals surface area contributed by atoms with Crippen LogP contribution in [0.25, 0.3) is 0 Å². The number of aliphatic carboxylic acids is 1. The van der Waals surface area contributed by atoms with Crippen molar-refractivity contribution in [3.05, 3.63) is 0 Å². The predicted molar refractivity (Wildman–Crippen MR) is 81.2 cm³/mol. The monoisotopic (exact) mass is 299 g/mol. The van der Waals surface area contributed by atoms with Gasteiger partial charge in [0.25, 0.3) is 0 Å². The second kappa shape index (κ2) is 5.85. The first kappa shape index (κ1) is 17.8. The molecule has 1 amide bonds. The van der Waals surface area contributed by atoms with Gasteiger partial charge in [-0.1, -0.05) is 48.0 Å². The lowest BCUT2D eigenvalue weighted by Gasteiger charge is -2.43. The van der Waals surface area contributed by atoms with Crippen LogP contribution in [0.1, 0.15) is 60.8 Å². The van der Waals surface area contributed by atoms with Crippen LogP contribution >= 0.6 is 0 Å². The lowest BCUT2D eigenvalue weighted by atomic mass is 9.68. The number of carbonyl (C=O) groups excluding carboxylic acids is 1. The largest absolute Gasteiger partial charge is 0.479 e. The van der Waals surface area contributed by atoms with Crippen LogP contribution in [0.2, 0.25) is 0 Å². The Hall–Kier alpha value is -1.26. The van der Waals surface area contributed by atoms with Crippen molar-refractivity contribution in [2.24, 2.45) is 10.8 Å². The zero-order chi connectivity index (χ0) is 16.5. The molecule has 5 heteroatoms. The van der Waals surface area contributed by atoms with Crippen molar-refractivity contribution >= 4 is 12.1 Å². The number of nitrogens with zero attached hydrogens (tertiary/aromatic N) is 1. The highest BCUT2D eigenvalue weighted by atomic mass is 16.6. The Kier molecular flexibility index (Phi) is 4.96. The van der Waals surface area contributed by atoms with Gasteiger partial charge in [0.2, 0.25) is 0 Å². The molecule has 1 heterocycles. The van der Waals surface area contributed by atoms with E-state index in [-0.39, 0.29) is 5.41 Å². The summed E-state index contributed by atoms with van der Waals surface area (Å²) in [5, 5.41) is 9.87. The lowest BCUT2D eigenvalue weighted by molar-refractivity contribution is -0.156. The van der Waals surface area contributed by atoms with Gasteiger partial charge in [0.15, 0.2) is 0 Å². The molecule has 0 aromatic heterocycles. The van der Waals surface area contributed by atoms with E-state index in [2.05, 4.69) is 0 Å². The number of carboxylic acid groups (broad SMARTS) is 1. The van der Waals surface area contributed by atoms with E-state index in [1.165, 1.54) is 4.90 Å². The Morgan fingerprint density at radius 1 is 1.29 bits per heavy atom. The third-order valence-electron chi connectivity index (χ3n) is 4.32. The molecule has 0 aromatic rings. The highest BCUT2D eigenvalue weighted by Gasteiger charge is 2.62. The second-order valence-corrected chi connectivity index (χ2v) is 7.81. The van der Waals surface area contributed by atoms with E-state index in [0.29, 0.717) is 19.6 Å². The molecular formula is C16H29NO4. The number of carboxylic acids is 1. The molecule has 1 N–H and O–H groups in total. The number of carbonyl (C=O) groups is 2. The van der Waals surface area contributed by atoms with E-state index in [9.17, 15) is 14.7 Å². The number of likely N-dealkylation sites (tertiary alicyclic amines) is 1. The van der Waals surface area contributed by atoms with Crippen molar-refractivity contribution in [1.82, 2.24) is 4.90 Å². The molecule has 1 rings (SSSR count). The molecule has 0 aliphatic carbocycles. The summed E-state index contributed by atoms with van der Waals surface area (Å²) in [5.41, 5.74) is -2.04. The minimum atomic E-state index is -1.22. The summed E-state index contributed by atoms with van der Waals surface area (Å²) in [4.78, 5) is 25.9. The summed E-state index contributed by atoms with van der Waals surface area (Å²) in [6.45, 7) is 12.4. The molecule has 122 valence electrons. The molecule has 21 heavy (non-hydrogen) atoms. The zero-order valence-electron chi connectivity index (χ0n) is 14.2. The maximum atomic E-state index is 12.4. The molecule has 0 spiro atoms. The van der Waals surface area contributed by atoms with Crippen molar-refractivity contribution in [3.8, 4) is 0 Å². The average Bonchev–Trinajstić information content (AvgIpc) is 2.62. The van der Waals surface area contributed by atoms with Gasteiger partial charge < -0.3 is 9.84 Å². The van der Waals surface area contributed by atoms with E-state index in [1.54, 1.807) is 0 Å². The first-order valence-corrected chi connectivity index (χ1v) is 7.66. The first-order chi connectivity index (χ1) is 9.48. The maximum Gasteiger partial charge on any atom is 0.410 e. The van der Waals surface area contributed by atoms with E-state index < -0.39 is 23.0 Å². The van der Waals surface area contributed by atoms with E-state index in [4.69, 9.17) is 4.74 Å². The van der Waals surface area contributed by atoms with Crippen molar-refractivity contribution in [3.63, 3.8) is 0 Å². The van der Waals surface area contributed by atoms with Crippen molar-refractivity contribution in [1.29, 1.82) is 0 Å². The van der Waals surface area contributed by atoms with Gasteiger partial charge in [-0.2, -0.15) is 0 Å². The number of hydrogen-bond donors (Lipinski definition) is 1. The Labute approximate surface area is 127 Å². The fraction of sp³-hybridized carbons (Fsp3) is 0.875. The normalized spacial score (nSPS) is 25.0. The summed E-state index contributed by atoms with van der Waals surface area (Å²) >= 11 is 0. The molecule has 1 aliphatic heterocycles. The molecule has 5 nitrogen and oxygen atoms in total. The van der Waals surface area contributed by atoms with Crippen LogP contribution in [-0.4, -0.2) is 40.8 Å². The van der Waals surface area contributed by atoms with E-state index in [1.807, 2.05) is 41.5 Å². The smallest absolute Gasteiger partial charge is 0.410 e. The van der Waals surface area contributed by atoms with Crippen LogP contribution in [0.5, 0.6) is 0 Å². The lowest BCUT2D eigenvalue weighted by Crippen LogP contribution is -2.60. The Morgan fingerprint density at radius 3 is 2.29 bits per heavy atom. The topological polar surface area (TPSA) is 66.8 Å². The van der Waals surface area contributed by atoms with Crippen molar-refractivity contribution in [2.45, 2.75) is 66.3 Å². The van der Waals surface area contributed by atoms with Gasteiger partial charge in [-0.3, -0.25) is 4.90 Å². The Bertz CT molecular complexity index is 411. The summed E-state index contributed by atoms with van der Waals surface area (Å²) in [7, 11) is 0. The molecule has 1 fully saturated rings. The van der Waals surface area contributed by atoms with Gasteiger partial charge in [0, 0.05) is 6.54 Å². The maximum absolute atomic E-state index is 12.4. The third-order valence-corrected chi connectivity index (χ3v) is 4.32. The molecule has 0 unspecified atom stereocenters. The van der Waals surface area contributed by atoms with Crippen LogP contribution in [0.3, 0.4) is 0 Å². The number of ether oxygens (including phenoxy) is 1. The van der Waals surface area contributed by atoms with Gasteiger partial charge in [0.1, 0.15) is 5.54 Å². The molecule has 0 aromatic carbocycles. The van der Waals surface area contributed by atoms with Gasteiger partial charge in [-0.05, 0) is 23.7 Å². The van der Waals surface area contributed by atoms with Crippen LogP contribution in [0, 0.1) is 10.8 Å². The molecule has 1 atom stereocenters. The third kappa shape index (κ3) is 3.33.